The van der Waals surface area contributed by atoms with Gasteiger partial charge in [0.2, 0.25) is 0 Å². The summed E-state index contributed by atoms with van der Waals surface area (Å²) in [6.45, 7) is 0. The number of hydrogen-bond donors (Lipinski definition) is 1. The molecule has 1 atom stereocenters. The SMILES string of the molecule is CN(C)c1ccc(Nc2nn3c(c2C#N)N=CC(c2ccccc2)C3=O)cc1. The molecule has 0 saturated heterocycles. The van der Waals surface area contributed by atoms with Gasteiger partial charge in [-0.15, -0.1) is 5.10 Å². The summed E-state index contributed by atoms with van der Waals surface area (Å²) in [6.07, 6.45) is 1.57. The van der Waals surface area contributed by atoms with Crippen molar-refractivity contribution < 1.29 is 4.79 Å². The van der Waals surface area contributed by atoms with Gasteiger partial charge in [-0.2, -0.15) is 9.94 Å². The molecule has 0 amide bonds. The minimum atomic E-state index is -0.521. The predicted octanol–water partition coefficient (Wildman–Crippen LogP) is 3.70. The number of anilines is 3. The van der Waals surface area contributed by atoms with Gasteiger partial charge in [0.25, 0.3) is 5.91 Å². The van der Waals surface area contributed by atoms with Gasteiger partial charge in [-0.3, -0.25) is 4.79 Å². The highest BCUT2D eigenvalue weighted by molar-refractivity contribution is 6.05. The molecule has 4 rings (SSSR count). The second-order valence-electron chi connectivity index (χ2n) is 6.64. The lowest BCUT2D eigenvalue weighted by Gasteiger charge is -2.15. The van der Waals surface area contributed by atoms with Crippen molar-refractivity contribution in [3.8, 4) is 6.07 Å². The molecule has 0 bridgehead atoms. The van der Waals surface area contributed by atoms with E-state index in [1.54, 1.807) is 6.21 Å². The molecule has 1 N–H and O–H groups in total. The minimum Gasteiger partial charge on any atom is -0.378 e. The number of hydrogen-bond acceptors (Lipinski definition) is 6. The lowest BCUT2D eigenvalue weighted by Crippen LogP contribution is -2.25. The summed E-state index contributed by atoms with van der Waals surface area (Å²) in [5.41, 5.74) is 2.91. The molecule has 0 aliphatic carbocycles. The summed E-state index contributed by atoms with van der Waals surface area (Å²) < 4.78 is 1.22. The molecule has 0 fully saturated rings. The fourth-order valence-electron chi connectivity index (χ4n) is 3.08. The van der Waals surface area contributed by atoms with Crippen molar-refractivity contribution in [3.05, 3.63) is 65.7 Å². The highest BCUT2D eigenvalue weighted by Crippen LogP contribution is 2.33. The Kier molecular flexibility index (Phi) is 4.38. The number of nitrogens with one attached hydrogen (secondary N) is 1. The van der Waals surface area contributed by atoms with Crippen molar-refractivity contribution in [1.29, 1.82) is 5.26 Å². The number of aliphatic imine (C=N–C) groups is 1. The molecule has 2 aromatic carbocycles. The summed E-state index contributed by atoms with van der Waals surface area (Å²) in [5.74, 6) is -0.183. The smallest absolute Gasteiger partial charge is 0.261 e. The first-order chi connectivity index (χ1) is 13.6. The first kappa shape index (κ1) is 17.5. The van der Waals surface area contributed by atoms with Gasteiger partial charge < -0.3 is 10.2 Å². The van der Waals surface area contributed by atoms with Crippen molar-refractivity contribution in [2.45, 2.75) is 5.92 Å². The zero-order valence-electron chi connectivity index (χ0n) is 15.5. The molecule has 1 aliphatic rings. The monoisotopic (exact) mass is 370 g/mol. The molecular weight excluding hydrogens is 352 g/mol. The van der Waals surface area contributed by atoms with Gasteiger partial charge in [0, 0.05) is 31.7 Å². The summed E-state index contributed by atoms with van der Waals surface area (Å²) in [7, 11) is 3.93. The normalized spacial score (nSPS) is 15.0. The van der Waals surface area contributed by atoms with E-state index in [4.69, 9.17) is 0 Å². The topological polar surface area (TPSA) is 86.3 Å². The Balaban J connectivity index is 1.67. The van der Waals surface area contributed by atoms with Crippen LogP contribution in [0.4, 0.5) is 23.0 Å². The number of nitrogens with zero attached hydrogens (tertiary/aromatic N) is 5. The third-order valence-corrected chi connectivity index (χ3v) is 4.60. The first-order valence-corrected chi connectivity index (χ1v) is 8.79. The van der Waals surface area contributed by atoms with Crippen molar-refractivity contribution in [2.24, 2.45) is 4.99 Å². The van der Waals surface area contributed by atoms with Crippen molar-refractivity contribution >= 4 is 35.1 Å². The maximum absolute atomic E-state index is 12.9. The number of aromatic nitrogens is 2. The van der Waals surface area contributed by atoms with Crippen LogP contribution in [0.3, 0.4) is 0 Å². The summed E-state index contributed by atoms with van der Waals surface area (Å²) in [5, 5.41) is 17.1. The first-order valence-electron chi connectivity index (χ1n) is 8.79. The molecule has 0 radical (unpaired) electrons. The zero-order valence-corrected chi connectivity index (χ0v) is 15.5. The summed E-state index contributed by atoms with van der Waals surface area (Å²) >= 11 is 0. The lowest BCUT2D eigenvalue weighted by molar-refractivity contribution is 0.0888. The predicted molar refractivity (Wildman–Crippen MR) is 109 cm³/mol. The van der Waals surface area contributed by atoms with Crippen LogP contribution in [-0.4, -0.2) is 36.0 Å². The minimum absolute atomic E-state index is 0.233. The van der Waals surface area contributed by atoms with E-state index in [0.29, 0.717) is 5.82 Å². The van der Waals surface area contributed by atoms with E-state index < -0.39 is 5.92 Å². The van der Waals surface area contributed by atoms with Crippen LogP contribution in [0.15, 0.2) is 59.6 Å². The van der Waals surface area contributed by atoms with E-state index in [1.807, 2.05) is 73.6 Å². The van der Waals surface area contributed by atoms with Crippen LogP contribution in [0.5, 0.6) is 0 Å². The summed E-state index contributed by atoms with van der Waals surface area (Å²) in [6, 6.07) is 19.2. The summed E-state index contributed by atoms with van der Waals surface area (Å²) in [4.78, 5) is 19.3. The fourth-order valence-corrected chi connectivity index (χ4v) is 3.08. The molecule has 3 aromatic rings. The standard InChI is InChI=1S/C21H18N6O/c1-26(2)16-10-8-15(9-11-16)24-19-17(12-22)20-23-13-18(21(28)27(20)25-19)14-6-4-3-5-7-14/h3-11,13,18H,1-2H3,(H,24,25). The van der Waals surface area contributed by atoms with E-state index in [2.05, 4.69) is 21.5 Å². The van der Waals surface area contributed by atoms with E-state index in [9.17, 15) is 10.1 Å². The van der Waals surface area contributed by atoms with Gasteiger partial charge in [0.15, 0.2) is 11.6 Å². The number of carbonyl (C=O) groups is 1. The number of rotatable bonds is 4. The molecule has 1 aromatic heterocycles. The Hall–Kier alpha value is -3.92. The van der Waals surface area contributed by atoms with Crippen LogP contribution in [-0.2, 0) is 0 Å². The molecule has 0 saturated carbocycles. The van der Waals surface area contributed by atoms with Crippen LogP contribution in [0, 0.1) is 11.3 Å². The Morgan fingerprint density at radius 2 is 1.82 bits per heavy atom. The zero-order chi connectivity index (χ0) is 19.7. The van der Waals surface area contributed by atoms with Gasteiger partial charge in [-0.05, 0) is 29.8 Å². The average molecular weight is 370 g/mol. The second kappa shape index (κ2) is 7.00. The molecule has 2 heterocycles. The molecule has 1 aliphatic heterocycles. The average Bonchev–Trinajstić information content (AvgIpc) is 3.07. The molecule has 7 nitrogen and oxygen atoms in total. The Morgan fingerprint density at radius 1 is 1.11 bits per heavy atom. The maximum Gasteiger partial charge on any atom is 0.261 e. The van der Waals surface area contributed by atoms with Gasteiger partial charge in [-0.25, -0.2) is 4.99 Å². The largest absolute Gasteiger partial charge is 0.378 e. The quantitative estimate of drug-likeness (QED) is 0.757. The second-order valence-corrected chi connectivity index (χ2v) is 6.64. The highest BCUT2D eigenvalue weighted by Gasteiger charge is 2.31. The van der Waals surface area contributed by atoms with Crippen LogP contribution in [0.2, 0.25) is 0 Å². The number of benzene rings is 2. The van der Waals surface area contributed by atoms with Crippen LogP contribution in [0.1, 0.15) is 21.8 Å². The van der Waals surface area contributed by atoms with E-state index in [-0.39, 0.29) is 17.3 Å². The fraction of sp³-hybridized carbons (Fsp3) is 0.143. The van der Waals surface area contributed by atoms with Crippen LogP contribution in [0.25, 0.3) is 0 Å². The molecule has 0 spiro atoms. The Bertz CT molecular complexity index is 1090. The van der Waals surface area contributed by atoms with Crippen LogP contribution < -0.4 is 10.2 Å². The number of nitriles is 1. The number of fused-ring (bicyclic) bond motifs is 1. The maximum atomic E-state index is 12.9. The third-order valence-electron chi connectivity index (χ3n) is 4.60. The molecule has 1 unspecified atom stereocenters. The van der Waals surface area contributed by atoms with Gasteiger partial charge in [0.1, 0.15) is 17.6 Å². The van der Waals surface area contributed by atoms with Gasteiger partial charge >= 0.3 is 0 Å². The Labute approximate surface area is 162 Å². The van der Waals surface area contributed by atoms with Gasteiger partial charge in [0.05, 0.1) is 0 Å². The molecular formula is C21H18N6O. The van der Waals surface area contributed by atoms with E-state index in [1.165, 1.54) is 4.68 Å². The van der Waals surface area contributed by atoms with Crippen LogP contribution >= 0.6 is 0 Å². The van der Waals surface area contributed by atoms with E-state index >= 15 is 0 Å². The van der Waals surface area contributed by atoms with Gasteiger partial charge in [-0.1, -0.05) is 30.3 Å². The van der Waals surface area contributed by atoms with Crippen molar-refractivity contribution in [1.82, 2.24) is 9.78 Å². The molecule has 138 valence electrons. The van der Waals surface area contributed by atoms with Crippen molar-refractivity contribution in [2.75, 3.05) is 24.3 Å². The third kappa shape index (κ3) is 3.01. The van der Waals surface area contributed by atoms with Crippen molar-refractivity contribution in [3.63, 3.8) is 0 Å². The molecule has 28 heavy (non-hydrogen) atoms. The highest BCUT2D eigenvalue weighted by atomic mass is 16.2. The Morgan fingerprint density at radius 3 is 2.46 bits per heavy atom. The van der Waals surface area contributed by atoms with E-state index in [0.717, 1.165) is 16.9 Å². The molecule has 7 heteroatoms. The lowest BCUT2D eigenvalue weighted by atomic mass is 9.99. The number of carbonyl (C=O) groups excluding carboxylic acids is 1.